The van der Waals surface area contributed by atoms with E-state index in [9.17, 15) is 9.59 Å². The van der Waals surface area contributed by atoms with Crippen LogP contribution in [0, 0.1) is 0 Å². The van der Waals surface area contributed by atoms with Crippen molar-refractivity contribution >= 4 is 39.4 Å². The number of fused-ring (bicyclic) bond motifs is 2. The van der Waals surface area contributed by atoms with Gasteiger partial charge in [-0.3, -0.25) is 14.6 Å². The van der Waals surface area contributed by atoms with E-state index in [0.717, 1.165) is 34.7 Å². The number of ether oxygens (including phenoxy) is 1. The molecule has 7 nitrogen and oxygen atoms in total. The van der Waals surface area contributed by atoms with Crippen molar-refractivity contribution in [3.05, 3.63) is 108 Å². The SMILES string of the molecule is CO[C@](C)(C(=O)Nc1ccc(C2CCN(C(=O)c3cnc4ccoc4c3)CC2)cc1)c1cccc2ccccc12. The van der Waals surface area contributed by atoms with Crippen LogP contribution in [0.3, 0.4) is 0 Å². The Balaban J connectivity index is 1.10. The molecule has 40 heavy (non-hydrogen) atoms. The van der Waals surface area contributed by atoms with Crippen molar-refractivity contribution in [1.29, 1.82) is 0 Å². The summed E-state index contributed by atoms with van der Waals surface area (Å²) in [6.45, 7) is 3.15. The van der Waals surface area contributed by atoms with E-state index in [4.69, 9.17) is 9.15 Å². The number of aromatic nitrogens is 1. The number of pyridine rings is 1. The van der Waals surface area contributed by atoms with E-state index in [1.807, 2.05) is 59.5 Å². The Bertz CT molecular complexity index is 1680. The highest BCUT2D eigenvalue weighted by Crippen LogP contribution is 2.34. The molecule has 7 heteroatoms. The fourth-order valence-corrected chi connectivity index (χ4v) is 5.62. The minimum Gasteiger partial charge on any atom is -0.463 e. The Kier molecular flexibility index (Phi) is 6.82. The van der Waals surface area contributed by atoms with Gasteiger partial charge in [0.1, 0.15) is 5.52 Å². The normalized spacial score (nSPS) is 15.7. The molecular formula is C33H31N3O4. The zero-order valence-electron chi connectivity index (χ0n) is 22.6. The number of furan rings is 1. The van der Waals surface area contributed by atoms with Crippen LogP contribution in [0.1, 0.15) is 47.2 Å². The summed E-state index contributed by atoms with van der Waals surface area (Å²) in [6.07, 6.45) is 4.94. The molecule has 0 radical (unpaired) electrons. The summed E-state index contributed by atoms with van der Waals surface area (Å²) in [5.74, 6) is 0.0993. The molecule has 0 aliphatic carbocycles. The average molecular weight is 534 g/mol. The lowest BCUT2D eigenvalue weighted by Gasteiger charge is -2.32. The molecule has 1 saturated heterocycles. The Hall–Kier alpha value is -4.49. The van der Waals surface area contributed by atoms with Crippen molar-refractivity contribution in [3.63, 3.8) is 0 Å². The number of carbonyl (C=O) groups excluding carboxylic acids is 2. The first-order valence-electron chi connectivity index (χ1n) is 13.5. The van der Waals surface area contributed by atoms with Crippen LogP contribution in [0.4, 0.5) is 5.69 Å². The van der Waals surface area contributed by atoms with Crippen LogP contribution in [0.5, 0.6) is 0 Å². The summed E-state index contributed by atoms with van der Waals surface area (Å²) in [4.78, 5) is 32.7. The predicted octanol–water partition coefficient (Wildman–Crippen LogP) is 6.50. The van der Waals surface area contributed by atoms with Gasteiger partial charge >= 0.3 is 0 Å². The maximum Gasteiger partial charge on any atom is 0.260 e. The largest absolute Gasteiger partial charge is 0.463 e. The van der Waals surface area contributed by atoms with Crippen LogP contribution >= 0.6 is 0 Å². The molecule has 0 saturated carbocycles. The topological polar surface area (TPSA) is 84.7 Å². The van der Waals surface area contributed by atoms with Crippen molar-refractivity contribution in [3.8, 4) is 0 Å². The van der Waals surface area contributed by atoms with Gasteiger partial charge in [-0.15, -0.1) is 0 Å². The molecule has 3 aromatic carbocycles. The van der Waals surface area contributed by atoms with Crippen molar-refractivity contribution in [1.82, 2.24) is 9.88 Å². The summed E-state index contributed by atoms with van der Waals surface area (Å²) in [5, 5.41) is 5.09. The smallest absolute Gasteiger partial charge is 0.260 e. The summed E-state index contributed by atoms with van der Waals surface area (Å²) in [7, 11) is 1.56. The number of carbonyl (C=O) groups is 2. The molecule has 1 N–H and O–H groups in total. The molecule has 2 amide bonds. The lowest BCUT2D eigenvalue weighted by molar-refractivity contribution is -0.136. The van der Waals surface area contributed by atoms with Gasteiger partial charge in [-0.1, -0.05) is 54.6 Å². The molecule has 6 rings (SSSR count). The number of likely N-dealkylation sites (tertiary alicyclic amines) is 1. The molecule has 1 aliphatic rings. The number of hydrogen-bond acceptors (Lipinski definition) is 5. The van der Waals surface area contributed by atoms with Gasteiger partial charge in [-0.25, -0.2) is 0 Å². The van der Waals surface area contributed by atoms with Crippen LogP contribution in [-0.4, -0.2) is 41.9 Å². The zero-order valence-corrected chi connectivity index (χ0v) is 22.6. The van der Waals surface area contributed by atoms with Gasteiger partial charge in [0.2, 0.25) is 0 Å². The first kappa shape index (κ1) is 25.8. The van der Waals surface area contributed by atoms with Crippen LogP contribution in [0.15, 0.2) is 95.7 Å². The van der Waals surface area contributed by atoms with E-state index in [1.165, 1.54) is 5.56 Å². The number of anilines is 1. The lowest BCUT2D eigenvalue weighted by Crippen LogP contribution is -2.39. The molecule has 1 fully saturated rings. The molecule has 3 heterocycles. The fourth-order valence-electron chi connectivity index (χ4n) is 5.62. The molecule has 1 aliphatic heterocycles. The first-order valence-corrected chi connectivity index (χ1v) is 13.5. The van der Waals surface area contributed by atoms with Gasteiger partial charge in [0.15, 0.2) is 11.2 Å². The van der Waals surface area contributed by atoms with E-state index in [2.05, 4.69) is 22.4 Å². The Morgan fingerprint density at radius 1 is 1.00 bits per heavy atom. The number of benzene rings is 3. The van der Waals surface area contributed by atoms with E-state index in [1.54, 1.807) is 38.6 Å². The average Bonchev–Trinajstić information content (AvgIpc) is 3.48. The summed E-state index contributed by atoms with van der Waals surface area (Å²) >= 11 is 0. The maximum atomic E-state index is 13.5. The standard InChI is InChI=1S/C33H31N3O4/c1-33(39-2,28-9-5-7-24-6-3-4-8-27(24)28)32(38)35-26-12-10-22(11-13-26)23-14-17-36(18-15-23)31(37)25-20-30-29(34-21-25)16-19-40-30/h3-13,16,19-21,23H,14-15,17-18H2,1-2H3,(H,35,38)/t33-/m0/s1. The second-order valence-corrected chi connectivity index (χ2v) is 10.4. The van der Waals surface area contributed by atoms with Gasteiger partial charge in [0.05, 0.1) is 11.8 Å². The van der Waals surface area contributed by atoms with Gasteiger partial charge < -0.3 is 19.4 Å². The highest BCUT2D eigenvalue weighted by Gasteiger charge is 2.36. The minimum absolute atomic E-state index is 0.0188. The monoisotopic (exact) mass is 533 g/mol. The Labute approximate surface area is 232 Å². The molecule has 0 unspecified atom stereocenters. The van der Waals surface area contributed by atoms with Crippen molar-refractivity contribution < 1.29 is 18.7 Å². The molecule has 0 bridgehead atoms. The number of nitrogens with one attached hydrogen (secondary N) is 1. The number of rotatable bonds is 6. The number of amides is 2. The minimum atomic E-state index is -1.16. The second-order valence-electron chi connectivity index (χ2n) is 10.4. The first-order chi connectivity index (χ1) is 19.5. The maximum absolute atomic E-state index is 13.5. The van der Waals surface area contributed by atoms with E-state index < -0.39 is 5.60 Å². The Morgan fingerprint density at radius 3 is 2.52 bits per heavy atom. The highest BCUT2D eigenvalue weighted by molar-refractivity contribution is 6.01. The van der Waals surface area contributed by atoms with Gasteiger partial charge in [0, 0.05) is 43.7 Å². The molecule has 1 atom stereocenters. The molecule has 202 valence electrons. The molecular weight excluding hydrogens is 502 g/mol. The van der Waals surface area contributed by atoms with Crippen LogP contribution in [0.2, 0.25) is 0 Å². The lowest BCUT2D eigenvalue weighted by atomic mass is 9.88. The van der Waals surface area contributed by atoms with Crippen molar-refractivity contribution in [2.45, 2.75) is 31.3 Å². The predicted molar refractivity (Wildman–Crippen MR) is 155 cm³/mol. The molecule has 0 spiro atoms. The van der Waals surface area contributed by atoms with Gasteiger partial charge in [-0.2, -0.15) is 0 Å². The summed E-state index contributed by atoms with van der Waals surface area (Å²) in [5.41, 5.74) is 3.50. The van der Waals surface area contributed by atoms with Gasteiger partial charge in [0.25, 0.3) is 11.8 Å². The van der Waals surface area contributed by atoms with Crippen molar-refractivity contribution in [2.24, 2.45) is 0 Å². The fraction of sp³-hybridized carbons (Fsp3) is 0.242. The van der Waals surface area contributed by atoms with E-state index in [-0.39, 0.29) is 11.8 Å². The van der Waals surface area contributed by atoms with Crippen LogP contribution in [0.25, 0.3) is 21.9 Å². The third-order valence-corrected chi connectivity index (χ3v) is 8.12. The quantitative estimate of drug-likeness (QED) is 0.269. The van der Waals surface area contributed by atoms with Crippen molar-refractivity contribution in [2.75, 3.05) is 25.5 Å². The van der Waals surface area contributed by atoms with Crippen LogP contribution < -0.4 is 5.32 Å². The molecule has 2 aromatic heterocycles. The summed E-state index contributed by atoms with van der Waals surface area (Å²) < 4.78 is 11.2. The summed E-state index contributed by atoms with van der Waals surface area (Å²) in [6, 6.07) is 25.5. The zero-order chi connectivity index (χ0) is 27.7. The third-order valence-electron chi connectivity index (χ3n) is 8.12. The number of hydrogen-bond donors (Lipinski definition) is 1. The second kappa shape index (κ2) is 10.6. The van der Waals surface area contributed by atoms with Gasteiger partial charge in [-0.05, 0) is 60.2 Å². The van der Waals surface area contributed by atoms with E-state index >= 15 is 0 Å². The highest BCUT2D eigenvalue weighted by atomic mass is 16.5. The Morgan fingerprint density at radius 2 is 1.75 bits per heavy atom. The molecule has 5 aromatic rings. The number of methoxy groups -OCH3 is 1. The van der Waals surface area contributed by atoms with Crippen LogP contribution in [-0.2, 0) is 15.1 Å². The number of nitrogens with zero attached hydrogens (tertiary/aromatic N) is 2. The number of piperidine rings is 1. The third kappa shape index (κ3) is 4.73. The van der Waals surface area contributed by atoms with E-state index in [0.29, 0.717) is 35.8 Å².